The molecule has 0 unspecified atom stereocenters. The number of nitrogens with two attached hydrogens (primary N) is 1. The Morgan fingerprint density at radius 3 is 2.64 bits per heavy atom. The molecule has 0 saturated heterocycles. The number of aromatic nitrogens is 5. The van der Waals surface area contributed by atoms with E-state index in [4.69, 9.17) is 22.1 Å². The Morgan fingerprint density at radius 2 is 1.96 bits per heavy atom. The maximum absolute atomic E-state index is 13.2. The van der Waals surface area contributed by atoms with Gasteiger partial charge in [-0.2, -0.15) is 9.97 Å². The minimum absolute atomic E-state index is 0.0307. The second-order valence-corrected chi connectivity index (χ2v) is 7.18. The number of halogens is 1. The summed E-state index contributed by atoms with van der Waals surface area (Å²) in [5.41, 5.74) is 9.07. The number of aryl methyl sites for hydroxylation is 2. The van der Waals surface area contributed by atoms with Crippen LogP contribution in [0.5, 0.6) is 5.75 Å². The van der Waals surface area contributed by atoms with Gasteiger partial charge in [0.15, 0.2) is 10.8 Å². The Kier molecular flexibility index (Phi) is 5.88. The molecule has 2 N–H and O–H groups in total. The molecule has 0 amide bonds. The van der Waals surface area contributed by atoms with Gasteiger partial charge < -0.3 is 10.5 Å². The molecule has 0 bridgehead atoms. The predicted octanol–water partition coefficient (Wildman–Crippen LogP) is 3.09. The van der Waals surface area contributed by atoms with E-state index < -0.39 is 0 Å². The van der Waals surface area contributed by atoms with Crippen LogP contribution in [-0.4, -0.2) is 31.2 Å². The van der Waals surface area contributed by atoms with Crippen LogP contribution in [0.25, 0.3) is 11.2 Å². The zero-order valence-corrected chi connectivity index (χ0v) is 17.4. The molecule has 0 fully saturated rings. The lowest BCUT2D eigenvalue weighted by Crippen LogP contribution is -2.25. The van der Waals surface area contributed by atoms with Crippen LogP contribution in [0, 0.1) is 13.8 Å². The van der Waals surface area contributed by atoms with Crippen LogP contribution in [0.2, 0.25) is 5.15 Å². The fraction of sp³-hybridized carbons (Fsp3) is 0.474. The third-order valence-electron chi connectivity index (χ3n) is 4.87. The number of nitrogens with zero attached hydrogens (tertiary/aromatic N) is 5. The number of imidazole rings is 1. The van der Waals surface area contributed by atoms with Crippen LogP contribution < -0.4 is 16.2 Å². The third-order valence-corrected chi connectivity index (χ3v) is 5.13. The number of pyridine rings is 1. The summed E-state index contributed by atoms with van der Waals surface area (Å²) in [7, 11) is 1.62. The predicted molar refractivity (Wildman–Crippen MR) is 110 cm³/mol. The number of unbranched alkanes of at least 4 members (excludes halogenated alkanes) is 2. The van der Waals surface area contributed by atoms with Gasteiger partial charge >= 0.3 is 5.69 Å². The van der Waals surface area contributed by atoms with Crippen molar-refractivity contribution in [3.8, 4) is 5.75 Å². The molecule has 0 atom stereocenters. The van der Waals surface area contributed by atoms with Crippen molar-refractivity contribution in [1.29, 1.82) is 0 Å². The van der Waals surface area contributed by atoms with Gasteiger partial charge in [-0.1, -0.05) is 31.4 Å². The highest BCUT2D eigenvalue weighted by atomic mass is 35.5. The number of rotatable bonds is 7. The molecule has 8 nitrogen and oxygen atoms in total. The van der Waals surface area contributed by atoms with Crippen LogP contribution >= 0.6 is 11.6 Å². The van der Waals surface area contributed by atoms with Gasteiger partial charge in [-0.3, -0.25) is 14.1 Å². The number of hydrogen-bond donors (Lipinski definition) is 1. The van der Waals surface area contributed by atoms with E-state index in [0.717, 1.165) is 41.8 Å². The summed E-state index contributed by atoms with van der Waals surface area (Å²) < 4.78 is 8.66. The van der Waals surface area contributed by atoms with Gasteiger partial charge in [-0.25, -0.2) is 4.79 Å². The first-order valence-electron chi connectivity index (χ1n) is 9.30. The van der Waals surface area contributed by atoms with E-state index >= 15 is 0 Å². The fourth-order valence-electron chi connectivity index (χ4n) is 3.43. The zero-order chi connectivity index (χ0) is 20.4. The van der Waals surface area contributed by atoms with Crippen molar-refractivity contribution in [1.82, 2.24) is 24.1 Å². The molecule has 28 heavy (non-hydrogen) atoms. The van der Waals surface area contributed by atoms with Crippen LogP contribution in [0.15, 0.2) is 11.0 Å². The lowest BCUT2D eigenvalue weighted by atomic mass is 10.1. The van der Waals surface area contributed by atoms with Gasteiger partial charge in [0.2, 0.25) is 5.95 Å². The molecule has 0 aromatic carbocycles. The van der Waals surface area contributed by atoms with Crippen molar-refractivity contribution in [2.45, 2.75) is 53.1 Å². The number of nitrogen functional groups attached to an aromatic ring is 1. The zero-order valence-electron chi connectivity index (χ0n) is 16.6. The van der Waals surface area contributed by atoms with E-state index in [1.165, 1.54) is 0 Å². The maximum Gasteiger partial charge on any atom is 0.330 e. The largest absolute Gasteiger partial charge is 0.496 e. The summed E-state index contributed by atoms with van der Waals surface area (Å²) in [6.45, 7) is 6.76. The minimum atomic E-state index is -0.200. The van der Waals surface area contributed by atoms with Crippen molar-refractivity contribution in [2.24, 2.45) is 0 Å². The van der Waals surface area contributed by atoms with Crippen molar-refractivity contribution in [2.75, 3.05) is 12.8 Å². The molecule has 3 heterocycles. The van der Waals surface area contributed by atoms with Crippen LogP contribution in [-0.2, 0) is 13.1 Å². The smallest absolute Gasteiger partial charge is 0.330 e. The van der Waals surface area contributed by atoms with Gasteiger partial charge in [0, 0.05) is 23.9 Å². The summed E-state index contributed by atoms with van der Waals surface area (Å²) in [6.07, 6.45) is 4.67. The molecule has 0 aliphatic rings. The fourth-order valence-corrected chi connectivity index (χ4v) is 3.71. The highest BCUT2D eigenvalue weighted by molar-refractivity contribution is 6.33. The van der Waals surface area contributed by atoms with E-state index in [1.807, 2.05) is 13.8 Å². The Labute approximate surface area is 168 Å². The molecule has 0 spiro atoms. The highest BCUT2D eigenvalue weighted by Crippen LogP contribution is 2.26. The van der Waals surface area contributed by atoms with Gasteiger partial charge in [-0.15, -0.1) is 0 Å². The van der Waals surface area contributed by atoms with E-state index in [-0.39, 0.29) is 23.3 Å². The molecule has 0 radical (unpaired) electrons. The molecule has 0 saturated carbocycles. The second kappa shape index (κ2) is 8.18. The lowest BCUT2D eigenvalue weighted by molar-refractivity contribution is 0.406. The van der Waals surface area contributed by atoms with E-state index in [9.17, 15) is 4.79 Å². The molecule has 0 aliphatic heterocycles. The molecule has 3 rings (SSSR count). The molecule has 3 aromatic rings. The first kappa shape index (κ1) is 20.1. The summed E-state index contributed by atoms with van der Waals surface area (Å²) in [5.74, 6) is 0.792. The van der Waals surface area contributed by atoms with Crippen LogP contribution in [0.1, 0.15) is 43.0 Å². The molecule has 150 valence electrons. The first-order valence-corrected chi connectivity index (χ1v) is 9.67. The Balaban J connectivity index is 2.16. The number of hydrogen-bond acceptors (Lipinski definition) is 6. The van der Waals surface area contributed by atoms with Gasteiger partial charge in [-0.05, 0) is 20.3 Å². The average molecular weight is 405 g/mol. The highest BCUT2D eigenvalue weighted by Gasteiger charge is 2.20. The Bertz CT molecular complexity index is 1070. The number of fused-ring (bicyclic) bond motifs is 1. The van der Waals surface area contributed by atoms with E-state index in [1.54, 1.807) is 22.4 Å². The van der Waals surface area contributed by atoms with Gasteiger partial charge in [0.1, 0.15) is 11.3 Å². The van der Waals surface area contributed by atoms with Crippen molar-refractivity contribution < 1.29 is 4.74 Å². The minimum Gasteiger partial charge on any atom is -0.496 e. The lowest BCUT2D eigenvalue weighted by Gasteiger charge is -2.12. The summed E-state index contributed by atoms with van der Waals surface area (Å²) in [6, 6.07) is 0. The third kappa shape index (κ3) is 3.56. The van der Waals surface area contributed by atoms with Gasteiger partial charge in [0.05, 0.1) is 19.3 Å². The molecule has 3 aromatic heterocycles. The molecular formula is C19H25ClN6O2. The standard InChI is InChI=1S/C19H25ClN6O2/c1-5-6-7-8-25-14-16(20)23-18(21)24-17(14)26(19(25)27)10-13-12(3)15(28-4)11(2)9-22-13/h9H,5-8,10H2,1-4H3,(H2,21,23,24). The molecule has 0 aliphatic carbocycles. The monoisotopic (exact) mass is 404 g/mol. The first-order chi connectivity index (χ1) is 13.4. The normalized spacial score (nSPS) is 11.3. The summed E-state index contributed by atoms with van der Waals surface area (Å²) in [4.78, 5) is 26.0. The summed E-state index contributed by atoms with van der Waals surface area (Å²) in [5, 5.41) is 0.181. The summed E-state index contributed by atoms with van der Waals surface area (Å²) >= 11 is 6.33. The molecule has 9 heteroatoms. The van der Waals surface area contributed by atoms with Crippen LogP contribution in [0.4, 0.5) is 5.95 Å². The number of anilines is 1. The van der Waals surface area contributed by atoms with Crippen molar-refractivity contribution in [3.63, 3.8) is 0 Å². The van der Waals surface area contributed by atoms with Gasteiger partial charge in [0.25, 0.3) is 0 Å². The van der Waals surface area contributed by atoms with Crippen LogP contribution in [0.3, 0.4) is 0 Å². The maximum atomic E-state index is 13.2. The van der Waals surface area contributed by atoms with Crippen molar-refractivity contribution in [3.05, 3.63) is 38.7 Å². The number of ether oxygens (including phenoxy) is 1. The second-order valence-electron chi connectivity index (χ2n) is 6.82. The van der Waals surface area contributed by atoms with E-state index in [0.29, 0.717) is 17.7 Å². The van der Waals surface area contributed by atoms with E-state index in [2.05, 4.69) is 21.9 Å². The average Bonchev–Trinajstić information content (AvgIpc) is 2.90. The SMILES string of the molecule is CCCCCn1c(=O)n(Cc2ncc(C)c(OC)c2C)c2nc(N)nc(Cl)c21. The number of methoxy groups -OCH3 is 1. The Hall–Kier alpha value is -2.61. The molecular weight excluding hydrogens is 380 g/mol. The Morgan fingerprint density at radius 1 is 1.21 bits per heavy atom. The quantitative estimate of drug-likeness (QED) is 0.479. The topological polar surface area (TPSA) is 101 Å². The van der Waals surface area contributed by atoms with Crippen molar-refractivity contribution >= 4 is 28.7 Å².